The molecule has 0 radical (unpaired) electrons. The lowest BCUT2D eigenvalue weighted by Gasteiger charge is -2.09. The Labute approximate surface area is 99.9 Å². The molecule has 0 amide bonds. The largest absolute Gasteiger partial charge is 0.385 e. The highest BCUT2D eigenvalue weighted by Gasteiger charge is 2.14. The number of non-ortho nitro benzene ring substituents is 1. The molecule has 5 heteroatoms. The van der Waals surface area contributed by atoms with Gasteiger partial charge in [0.2, 0.25) is 0 Å². The second-order valence-corrected chi connectivity index (χ2v) is 4.25. The maximum Gasteiger partial charge on any atom is 0.271 e. The molecular formula is C12H16N2O3. The summed E-state index contributed by atoms with van der Waals surface area (Å²) in [4.78, 5) is 10.2. The molecule has 1 N–H and O–H groups in total. The van der Waals surface area contributed by atoms with Crippen molar-refractivity contribution in [3.63, 3.8) is 0 Å². The van der Waals surface area contributed by atoms with Crippen LogP contribution in [-0.4, -0.2) is 24.7 Å². The van der Waals surface area contributed by atoms with Gasteiger partial charge in [-0.1, -0.05) is 6.07 Å². The molecule has 1 fully saturated rings. The molecule has 1 aromatic rings. The first-order valence-corrected chi connectivity index (χ1v) is 5.82. The van der Waals surface area contributed by atoms with Crippen molar-refractivity contribution in [2.75, 3.05) is 25.1 Å². The number of benzene rings is 1. The fourth-order valence-corrected chi connectivity index (χ4v) is 1.96. The quantitative estimate of drug-likeness (QED) is 0.630. The lowest BCUT2D eigenvalue weighted by molar-refractivity contribution is -0.384. The average Bonchev–Trinajstić information content (AvgIpc) is 2.82. The lowest BCUT2D eigenvalue weighted by atomic mass is 10.1. The zero-order valence-corrected chi connectivity index (χ0v) is 9.59. The van der Waals surface area contributed by atoms with E-state index in [1.807, 2.05) is 6.07 Å². The molecule has 1 aliphatic heterocycles. The number of nitrogens with zero attached hydrogens (tertiary/aromatic N) is 1. The fraction of sp³-hybridized carbons (Fsp3) is 0.500. The molecule has 1 atom stereocenters. The summed E-state index contributed by atoms with van der Waals surface area (Å²) >= 11 is 0. The van der Waals surface area contributed by atoms with E-state index in [-0.39, 0.29) is 10.6 Å². The van der Waals surface area contributed by atoms with Crippen molar-refractivity contribution in [1.29, 1.82) is 0 Å². The smallest absolute Gasteiger partial charge is 0.271 e. The molecule has 17 heavy (non-hydrogen) atoms. The predicted molar refractivity (Wildman–Crippen MR) is 65.1 cm³/mol. The van der Waals surface area contributed by atoms with Gasteiger partial charge >= 0.3 is 0 Å². The SMILES string of the molecule is O=[N+]([O-])c1cccc(NCCC2CCOC2)c1. The van der Waals surface area contributed by atoms with Crippen LogP contribution in [0, 0.1) is 16.0 Å². The topological polar surface area (TPSA) is 64.4 Å². The van der Waals surface area contributed by atoms with E-state index in [4.69, 9.17) is 4.74 Å². The summed E-state index contributed by atoms with van der Waals surface area (Å²) in [6.45, 7) is 2.54. The van der Waals surface area contributed by atoms with E-state index >= 15 is 0 Å². The van der Waals surface area contributed by atoms with Crippen LogP contribution in [-0.2, 0) is 4.74 Å². The van der Waals surface area contributed by atoms with Crippen LogP contribution >= 0.6 is 0 Å². The number of nitro benzene ring substituents is 1. The molecule has 0 spiro atoms. The second kappa shape index (κ2) is 5.63. The number of nitro groups is 1. The molecule has 0 aromatic heterocycles. The van der Waals surface area contributed by atoms with E-state index in [1.165, 1.54) is 6.07 Å². The highest BCUT2D eigenvalue weighted by Crippen LogP contribution is 2.19. The minimum absolute atomic E-state index is 0.124. The zero-order valence-electron chi connectivity index (χ0n) is 9.59. The van der Waals surface area contributed by atoms with Gasteiger partial charge in [-0.2, -0.15) is 0 Å². The number of hydrogen-bond acceptors (Lipinski definition) is 4. The van der Waals surface area contributed by atoms with Gasteiger partial charge in [0, 0.05) is 37.6 Å². The number of anilines is 1. The van der Waals surface area contributed by atoms with Gasteiger partial charge in [-0.15, -0.1) is 0 Å². The molecule has 92 valence electrons. The van der Waals surface area contributed by atoms with Gasteiger partial charge in [0.05, 0.1) is 4.92 Å². The fourth-order valence-electron chi connectivity index (χ4n) is 1.96. The summed E-state index contributed by atoms with van der Waals surface area (Å²) in [6.07, 6.45) is 2.17. The Morgan fingerprint density at radius 3 is 3.12 bits per heavy atom. The summed E-state index contributed by atoms with van der Waals surface area (Å²) < 4.78 is 5.29. The molecule has 0 aliphatic carbocycles. The third-order valence-electron chi connectivity index (χ3n) is 2.96. The van der Waals surface area contributed by atoms with E-state index in [0.29, 0.717) is 5.92 Å². The Hall–Kier alpha value is -1.62. The molecular weight excluding hydrogens is 220 g/mol. The Kier molecular flexibility index (Phi) is 3.93. The van der Waals surface area contributed by atoms with E-state index in [9.17, 15) is 10.1 Å². The first-order valence-electron chi connectivity index (χ1n) is 5.82. The van der Waals surface area contributed by atoms with Crippen LogP contribution in [0.4, 0.5) is 11.4 Å². The van der Waals surface area contributed by atoms with E-state index in [1.54, 1.807) is 12.1 Å². The van der Waals surface area contributed by atoms with Gasteiger partial charge in [0.1, 0.15) is 0 Å². The average molecular weight is 236 g/mol. The predicted octanol–water partition coefficient (Wildman–Crippen LogP) is 2.43. The first-order chi connectivity index (χ1) is 8.25. The molecule has 1 heterocycles. The molecule has 1 unspecified atom stereocenters. The van der Waals surface area contributed by atoms with Crippen LogP contribution in [0.15, 0.2) is 24.3 Å². The van der Waals surface area contributed by atoms with Crippen LogP contribution in [0.2, 0.25) is 0 Å². The maximum atomic E-state index is 10.6. The molecule has 5 nitrogen and oxygen atoms in total. The monoisotopic (exact) mass is 236 g/mol. The van der Waals surface area contributed by atoms with Gasteiger partial charge in [-0.05, 0) is 24.8 Å². The summed E-state index contributed by atoms with van der Waals surface area (Å²) in [6, 6.07) is 6.60. The maximum absolute atomic E-state index is 10.6. The van der Waals surface area contributed by atoms with Crippen molar-refractivity contribution in [3.8, 4) is 0 Å². The van der Waals surface area contributed by atoms with Gasteiger partial charge in [0.15, 0.2) is 0 Å². The summed E-state index contributed by atoms with van der Waals surface area (Å²) in [5.74, 6) is 0.626. The number of ether oxygens (including phenoxy) is 1. The minimum Gasteiger partial charge on any atom is -0.385 e. The Morgan fingerprint density at radius 1 is 1.53 bits per heavy atom. The van der Waals surface area contributed by atoms with Gasteiger partial charge in [-0.3, -0.25) is 10.1 Å². The summed E-state index contributed by atoms with van der Waals surface area (Å²) in [5.41, 5.74) is 0.928. The van der Waals surface area contributed by atoms with Crippen LogP contribution in [0.5, 0.6) is 0 Å². The van der Waals surface area contributed by atoms with Crippen LogP contribution in [0.1, 0.15) is 12.8 Å². The van der Waals surface area contributed by atoms with Crippen LogP contribution < -0.4 is 5.32 Å². The Morgan fingerprint density at radius 2 is 2.41 bits per heavy atom. The van der Waals surface area contributed by atoms with Crippen molar-refractivity contribution in [1.82, 2.24) is 0 Å². The van der Waals surface area contributed by atoms with Crippen molar-refractivity contribution < 1.29 is 9.66 Å². The van der Waals surface area contributed by atoms with Gasteiger partial charge in [-0.25, -0.2) is 0 Å². The third kappa shape index (κ3) is 3.42. The Balaban J connectivity index is 1.81. The van der Waals surface area contributed by atoms with Gasteiger partial charge < -0.3 is 10.1 Å². The van der Waals surface area contributed by atoms with Crippen LogP contribution in [0.25, 0.3) is 0 Å². The van der Waals surface area contributed by atoms with Crippen molar-refractivity contribution >= 4 is 11.4 Å². The van der Waals surface area contributed by atoms with Crippen LogP contribution in [0.3, 0.4) is 0 Å². The number of hydrogen-bond donors (Lipinski definition) is 1. The van der Waals surface area contributed by atoms with E-state index in [0.717, 1.165) is 38.3 Å². The number of nitrogens with one attached hydrogen (secondary N) is 1. The highest BCUT2D eigenvalue weighted by molar-refractivity contribution is 5.50. The number of rotatable bonds is 5. The summed E-state index contributed by atoms with van der Waals surface area (Å²) in [5, 5.41) is 13.8. The Bertz CT molecular complexity index is 389. The highest BCUT2D eigenvalue weighted by atomic mass is 16.6. The zero-order chi connectivity index (χ0) is 12.1. The molecule has 1 aliphatic rings. The molecule has 1 saturated heterocycles. The van der Waals surface area contributed by atoms with Crippen molar-refractivity contribution in [2.24, 2.45) is 5.92 Å². The summed E-state index contributed by atoms with van der Waals surface area (Å²) in [7, 11) is 0. The molecule has 0 bridgehead atoms. The normalized spacial score (nSPS) is 19.2. The van der Waals surface area contributed by atoms with E-state index < -0.39 is 0 Å². The minimum atomic E-state index is -0.379. The van der Waals surface area contributed by atoms with Gasteiger partial charge in [0.25, 0.3) is 5.69 Å². The van der Waals surface area contributed by atoms with E-state index in [2.05, 4.69) is 5.32 Å². The molecule has 0 saturated carbocycles. The standard InChI is InChI=1S/C12H16N2O3/c15-14(16)12-3-1-2-11(8-12)13-6-4-10-5-7-17-9-10/h1-3,8,10,13H,4-7,9H2. The molecule has 2 rings (SSSR count). The van der Waals surface area contributed by atoms with Crippen molar-refractivity contribution in [3.05, 3.63) is 34.4 Å². The first kappa shape index (κ1) is 11.9. The second-order valence-electron chi connectivity index (χ2n) is 4.25. The van der Waals surface area contributed by atoms with Crippen molar-refractivity contribution in [2.45, 2.75) is 12.8 Å². The molecule has 1 aromatic carbocycles. The third-order valence-corrected chi connectivity index (χ3v) is 2.96. The lowest BCUT2D eigenvalue weighted by Crippen LogP contribution is -2.09.